The number of hydrogen-bond donors (Lipinski definition) is 2. The first-order valence-corrected chi connectivity index (χ1v) is 8.22. The normalized spacial score (nSPS) is 15.3. The van der Waals surface area contributed by atoms with Gasteiger partial charge in [-0.25, -0.2) is 0 Å². The molecule has 0 unspecified atom stereocenters. The molecule has 2 amide bonds. The van der Waals surface area contributed by atoms with Crippen LogP contribution in [-0.4, -0.2) is 62.5 Å². The molecular formula is C16H23ClN4O2. The number of halogens is 1. The maximum Gasteiger partial charge on any atom is 0.239 e. The summed E-state index contributed by atoms with van der Waals surface area (Å²) in [5.74, 6) is -0.279. The lowest BCUT2D eigenvalue weighted by Gasteiger charge is -2.35. The van der Waals surface area contributed by atoms with E-state index >= 15 is 0 Å². The van der Waals surface area contributed by atoms with Crippen LogP contribution in [0.4, 0.5) is 5.69 Å². The largest absolute Gasteiger partial charge is 0.369 e. The van der Waals surface area contributed by atoms with Crippen LogP contribution in [0.1, 0.15) is 6.92 Å². The lowest BCUT2D eigenvalue weighted by atomic mass is 10.2. The van der Waals surface area contributed by atoms with Gasteiger partial charge in [0, 0.05) is 43.4 Å². The predicted octanol–water partition coefficient (Wildman–Crippen LogP) is 0.714. The SMILES string of the molecule is CCNC(=O)CNC(=O)CN1CCN(c2cccc(Cl)c2)CC1. The van der Waals surface area contributed by atoms with Crippen molar-refractivity contribution in [2.45, 2.75) is 6.92 Å². The van der Waals surface area contributed by atoms with E-state index in [0.717, 1.165) is 36.9 Å². The molecule has 0 radical (unpaired) electrons. The minimum Gasteiger partial charge on any atom is -0.369 e. The molecule has 126 valence electrons. The molecule has 1 aliphatic rings. The summed E-state index contributed by atoms with van der Waals surface area (Å²) in [5.41, 5.74) is 1.11. The van der Waals surface area contributed by atoms with E-state index in [1.54, 1.807) is 0 Å². The number of benzene rings is 1. The number of amides is 2. The fourth-order valence-corrected chi connectivity index (χ4v) is 2.72. The Bertz CT molecular complexity index is 545. The molecule has 23 heavy (non-hydrogen) atoms. The van der Waals surface area contributed by atoms with Crippen LogP contribution in [0.15, 0.2) is 24.3 Å². The van der Waals surface area contributed by atoms with Gasteiger partial charge in [0.1, 0.15) is 0 Å². The summed E-state index contributed by atoms with van der Waals surface area (Å²) in [5, 5.41) is 6.02. The van der Waals surface area contributed by atoms with E-state index in [1.165, 1.54) is 0 Å². The second kappa shape index (κ2) is 8.74. The van der Waals surface area contributed by atoms with E-state index in [4.69, 9.17) is 11.6 Å². The van der Waals surface area contributed by atoms with Crippen LogP contribution in [0, 0.1) is 0 Å². The Morgan fingerprint density at radius 1 is 1.13 bits per heavy atom. The Morgan fingerprint density at radius 2 is 1.87 bits per heavy atom. The third-order valence-electron chi connectivity index (χ3n) is 3.73. The number of likely N-dealkylation sites (N-methyl/N-ethyl adjacent to an activating group) is 1. The van der Waals surface area contributed by atoms with E-state index in [2.05, 4.69) is 20.4 Å². The number of nitrogens with one attached hydrogen (secondary N) is 2. The third-order valence-corrected chi connectivity index (χ3v) is 3.97. The molecule has 2 rings (SSSR count). The Hall–Kier alpha value is -1.79. The number of piperazine rings is 1. The maximum absolute atomic E-state index is 11.9. The number of carbonyl (C=O) groups is 2. The Balaban J connectivity index is 1.72. The first kappa shape index (κ1) is 17.6. The zero-order valence-corrected chi connectivity index (χ0v) is 14.1. The molecular weight excluding hydrogens is 316 g/mol. The molecule has 1 saturated heterocycles. The summed E-state index contributed by atoms with van der Waals surface area (Å²) in [6.45, 7) is 6.09. The number of rotatable bonds is 6. The van der Waals surface area contributed by atoms with Gasteiger partial charge in [-0.1, -0.05) is 17.7 Å². The fraction of sp³-hybridized carbons (Fsp3) is 0.500. The van der Waals surface area contributed by atoms with Crippen molar-refractivity contribution in [3.05, 3.63) is 29.3 Å². The van der Waals surface area contributed by atoms with Crippen LogP contribution in [0.25, 0.3) is 0 Å². The highest BCUT2D eigenvalue weighted by Gasteiger charge is 2.19. The first-order chi connectivity index (χ1) is 11.1. The maximum atomic E-state index is 11.9. The number of hydrogen-bond acceptors (Lipinski definition) is 4. The van der Waals surface area contributed by atoms with Crippen molar-refractivity contribution in [1.29, 1.82) is 0 Å². The van der Waals surface area contributed by atoms with Gasteiger partial charge in [0.15, 0.2) is 0 Å². The third kappa shape index (κ3) is 5.73. The summed E-state index contributed by atoms with van der Waals surface area (Å²) in [6, 6.07) is 7.80. The van der Waals surface area contributed by atoms with Gasteiger partial charge >= 0.3 is 0 Å². The molecule has 1 heterocycles. The minimum absolute atomic E-state index is 0.0369. The van der Waals surface area contributed by atoms with Gasteiger partial charge in [0.05, 0.1) is 13.1 Å². The van der Waals surface area contributed by atoms with Gasteiger partial charge in [0.25, 0.3) is 0 Å². The molecule has 0 aromatic heterocycles. The van der Waals surface area contributed by atoms with Crippen molar-refractivity contribution in [1.82, 2.24) is 15.5 Å². The van der Waals surface area contributed by atoms with Crippen molar-refractivity contribution in [3.8, 4) is 0 Å². The molecule has 0 atom stereocenters. The van der Waals surface area contributed by atoms with Crippen molar-refractivity contribution in [3.63, 3.8) is 0 Å². The molecule has 1 aromatic carbocycles. The van der Waals surface area contributed by atoms with Gasteiger partial charge < -0.3 is 15.5 Å². The Morgan fingerprint density at radius 3 is 2.52 bits per heavy atom. The molecule has 1 fully saturated rings. The highest BCUT2D eigenvalue weighted by Crippen LogP contribution is 2.20. The lowest BCUT2D eigenvalue weighted by Crippen LogP contribution is -2.50. The van der Waals surface area contributed by atoms with E-state index < -0.39 is 0 Å². The molecule has 6 nitrogen and oxygen atoms in total. The first-order valence-electron chi connectivity index (χ1n) is 7.84. The van der Waals surface area contributed by atoms with Gasteiger partial charge in [-0.05, 0) is 25.1 Å². The van der Waals surface area contributed by atoms with Crippen molar-refractivity contribution >= 4 is 29.1 Å². The van der Waals surface area contributed by atoms with Crippen LogP contribution in [0.3, 0.4) is 0 Å². The molecule has 0 spiro atoms. The van der Waals surface area contributed by atoms with Crippen LogP contribution in [0.2, 0.25) is 5.02 Å². The van der Waals surface area contributed by atoms with E-state index in [1.807, 2.05) is 31.2 Å². The minimum atomic E-state index is -0.161. The van der Waals surface area contributed by atoms with Gasteiger partial charge in [-0.2, -0.15) is 0 Å². The number of anilines is 1. The smallest absolute Gasteiger partial charge is 0.239 e. The topological polar surface area (TPSA) is 64.7 Å². The van der Waals surface area contributed by atoms with Gasteiger partial charge in [-0.15, -0.1) is 0 Å². The predicted molar refractivity (Wildman–Crippen MR) is 91.8 cm³/mol. The summed E-state index contributed by atoms with van der Waals surface area (Å²) in [7, 11) is 0. The van der Waals surface area contributed by atoms with Crippen LogP contribution < -0.4 is 15.5 Å². The second-order valence-electron chi connectivity index (χ2n) is 5.47. The van der Waals surface area contributed by atoms with Crippen molar-refractivity contribution < 1.29 is 9.59 Å². The van der Waals surface area contributed by atoms with Crippen LogP contribution in [-0.2, 0) is 9.59 Å². The molecule has 7 heteroatoms. The monoisotopic (exact) mass is 338 g/mol. The zero-order valence-electron chi connectivity index (χ0n) is 13.3. The molecule has 0 saturated carbocycles. The standard InChI is InChI=1S/C16H23ClN4O2/c1-2-18-15(22)11-19-16(23)12-20-6-8-21(9-7-20)14-5-3-4-13(17)10-14/h3-5,10H,2,6-9,11-12H2,1H3,(H,18,22)(H,19,23). The highest BCUT2D eigenvalue weighted by molar-refractivity contribution is 6.30. The van der Waals surface area contributed by atoms with Gasteiger partial charge in [0.2, 0.25) is 11.8 Å². The highest BCUT2D eigenvalue weighted by atomic mass is 35.5. The average Bonchev–Trinajstić information content (AvgIpc) is 2.54. The Kier molecular flexibility index (Phi) is 6.67. The van der Waals surface area contributed by atoms with Crippen molar-refractivity contribution in [2.24, 2.45) is 0 Å². The van der Waals surface area contributed by atoms with E-state index in [9.17, 15) is 9.59 Å². The van der Waals surface area contributed by atoms with Crippen molar-refractivity contribution in [2.75, 3.05) is 50.7 Å². The second-order valence-corrected chi connectivity index (χ2v) is 5.91. The molecule has 1 aromatic rings. The van der Waals surface area contributed by atoms with E-state index in [0.29, 0.717) is 13.1 Å². The molecule has 2 N–H and O–H groups in total. The van der Waals surface area contributed by atoms with E-state index in [-0.39, 0.29) is 18.4 Å². The lowest BCUT2D eigenvalue weighted by molar-refractivity contribution is -0.126. The van der Waals surface area contributed by atoms with Crippen LogP contribution >= 0.6 is 11.6 Å². The summed E-state index contributed by atoms with van der Waals surface area (Å²) in [6.07, 6.45) is 0. The quantitative estimate of drug-likeness (QED) is 0.802. The summed E-state index contributed by atoms with van der Waals surface area (Å²) < 4.78 is 0. The number of nitrogens with zero attached hydrogens (tertiary/aromatic N) is 2. The van der Waals surface area contributed by atoms with Gasteiger partial charge in [-0.3, -0.25) is 14.5 Å². The molecule has 0 bridgehead atoms. The van der Waals surface area contributed by atoms with Crippen LogP contribution in [0.5, 0.6) is 0 Å². The number of carbonyl (C=O) groups excluding carboxylic acids is 2. The zero-order chi connectivity index (χ0) is 16.7. The summed E-state index contributed by atoms with van der Waals surface area (Å²) >= 11 is 6.02. The summed E-state index contributed by atoms with van der Waals surface area (Å²) in [4.78, 5) is 27.5. The Labute approximate surface area is 141 Å². The average molecular weight is 339 g/mol. The molecule has 0 aliphatic carbocycles. The molecule has 1 aliphatic heterocycles. The fourth-order valence-electron chi connectivity index (χ4n) is 2.53.